The number of nitrogens with one attached hydrogen (secondary N) is 1. The number of amidine groups is 1. The van der Waals surface area contributed by atoms with Crippen molar-refractivity contribution >= 4 is 46.2 Å². The van der Waals surface area contributed by atoms with Crippen molar-refractivity contribution < 1.29 is 19.0 Å². The minimum absolute atomic E-state index is 0.207. The molecule has 0 aliphatic carbocycles. The van der Waals surface area contributed by atoms with Crippen LogP contribution in [0.1, 0.15) is 11.1 Å². The van der Waals surface area contributed by atoms with E-state index in [1.54, 1.807) is 26.4 Å². The summed E-state index contributed by atoms with van der Waals surface area (Å²) in [6.07, 6.45) is 1.79. The summed E-state index contributed by atoms with van der Waals surface area (Å²) in [5.41, 5.74) is 2.39. The number of carbonyl (C=O) groups excluding carboxylic acids is 1. The van der Waals surface area contributed by atoms with Crippen LogP contribution in [0.4, 0.5) is 5.69 Å². The maximum absolute atomic E-state index is 12.5. The number of rotatable bonds is 7. The zero-order valence-corrected chi connectivity index (χ0v) is 19.6. The van der Waals surface area contributed by atoms with Gasteiger partial charge in [-0.2, -0.15) is 0 Å². The number of methoxy groups -OCH3 is 2. The Morgan fingerprint density at radius 2 is 1.79 bits per heavy atom. The molecule has 1 fully saturated rings. The van der Waals surface area contributed by atoms with Crippen LogP contribution in [-0.4, -0.2) is 25.3 Å². The van der Waals surface area contributed by atoms with E-state index in [0.29, 0.717) is 33.2 Å². The van der Waals surface area contributed by atoms with Crippen molar-refractivity contribution in [3.63, 3.8) is 0 Å². The first-order chi connectivity index (χ1) is 16.1. The number of nitrogens with zero attached hydrogens (tertiary/aromatic N) is 1. The fourth-order valence-corrected chi connectivity index (χ4v) is 4.10. The SMILES string of the molecule is COc1ccc(N=C2NC(=O)/C(=C/c3ccc(OC)c(OCc4ccccc4Cl)c3)S2)cc1. The van der Waals surface area contributed by atoms with Crippen molar-refractivity contribution in [2.24, 2.45) is 4.99 Å². The first kappa shape index (κ1) is 22.8. The molecule has 0 saturated carbocycles. The fraction of sp³-hybridized carbons (Fsp3) is 0.120. The molecule has 4 rings (SSSR count). The smallest absolute Gasteiger partial charge is 0.264 e. The molecule has 0 radical (unpaired) electrons. The maximum Gasteiger partial charge on any atom is 0.264 e. The number of carbonyl (C=O) groups is 1. The number of hydrogen-bond donors (Lipinski definition) is 1. The van der Waals surface area contributed by atoms with Crippen molar-refractivity contribution in [2.45, 2.75) is 6.61 Å². The van der Waals surface area contributed by atoms with Crippen LogP contribution in [0.25, 0.3) is 6.08 Å². The lowest BCUT2D eigenvalue weighted by Crippen LogP contribution is -2.19. The quantitative estimate of drug-likeness (QED) is 0.431. The highest BCUT2D eigenvalue weighted by molar-refractivity contribution is 8.18. The number of hydrogen-bond acceptors (Lipinski definition) is 6. The van der Waals surface area contributed by atoms with Crippen LogP contribution in [0.3, 0.4) is 0 Å². The molecule has 1 saturated heterocycles. The van der Waals surface area contributed by atoms with Crippen LogP contribution in [0.15, 0.2) is 76.6 Å². The van der Waals surface area contributed by atoms with Gasteiger partial charge in [0.05, 0.1) is 24.8 Å². The van der Waals surface area contributed by atoms with E-state index in [2.05, 4.69) is 10.3 Å². The zero-order valence-electron chi connectivity index (χ0n) is 18.0. The molecule has 1 heterocycles. The topological polar surface area (TPSA) is 69.2 Å². The Kier molecular flexibility index (Phi) is 7.22. The lowest BCUT2D eigenvalue weighted by molar-refractivity contribution is -0.115. The molecule has 0 spiro atoms. The molecule has 1 N–H and O–H groups in total. The second-order valence-corrected chi connectivity index (χ2v) is 8.41. The highest BCUT2D eigenvalue weighted by Crippen LogP contribution is 2.33. The number of ether oxygens (including phenoxy) is 3. The van der Waals surface area contributed by atoms with Crippen LogP contribution < -0.4 is 19.5 Å². The second kappa shape index (κ2) is 10.5. The van der Waals surface area contributed by atoms with Gasteiger partial charge in [0, 0.05) is 10.6 Å². The maximum atomic E-state index is 12.5. The summed E-state index contributed by atoms with van der Waals surface area (Å²) in [7, 11) is 3.19. The summed E-state index contributed by atoms with van der Waals surface area (Å²) in [6, 6.07) is 20.3. The third-order valence-corrected chi connectivity index (χ3v) is 6.06. The molecule has 3 aromatic rings. The standard InChI is InChI=1S/C25H21ClN2O4S/c1-30-19-10-8-18(9-11-19)27-25-28-24(29)23(33-25)14-16-7-12-21(31-2)22(13-16)32-15-17-5-3-4-6-20(17)26/h3-14H,15H2,1-2H3,(H,27,28,29)/b23-14-. The Bertz CT molecular complexity index is 1230. The van der Waals surface area contributed by atoms with E-state index >= 15 is 0 Å². The zero-order chi connectivity index (χ0) is 23.2. The van der Waals surface area contributed by atoms with Crippen molar-refractivity contribution in [1.82, 2.24) is 5.32 Å². The molecular weight excluding hydrogens is 460 g/mol. The molecule has 1 amide bonds. The van der Waals surface area contributed by atoms with Gasteiger partial charge in [0.15, 0.2) is 16.7 Å². The molecule has 0 aromatic heterocycles. The second-order valence-electron chi connectivity index (χ2n) is 6.97. The predicted molar refractivity (Wildman–Crippen MR) is 133 cm³/mol. The molecule has 1 aliphatic heterocycles. The van der Waals surface area contributed by atoms with Crippen molar-refractivity contribution in [3.8, 4) is 17.2 Å². The third-order valence-electron chi connectivity index (χ3n) is 4.78. The Morgan fingerprint density at radius 1 is 1.00 bits per heavy atom. The van der Waals surface area contributed by atoms with Gasteiger partial charge >= 0.3 is 0 Å². The molecule has 3 aromatic carbocycles. The third kappa shape index (κ3) is 5.69. The van der Waals surface area contributed by atoms with Crippen molar-refractivity contribution in [1.29, 1.82) is 0 Å². The number of aliphatic imine (C=N–C) groups is 1. The average Bonchev–Trinajstić information content (AvgIpc) is 3.17. The average molecular weight is 481 g/mol. The molecule has 0 atom stereocenters. The van der Waals surface area contributed by atoms with Gasteiger partial charge in [-0.25, -0.2) is 4.99 Å². The summed E-state index contributed by atoms with van der Waals surface area (Å²) < 4.78 is 16.5. The highest BCUT2D eigenvalue weighted by Gasteiger charge is 2.24. The van der Waals surface area contributed by atoms with E-state index in [0.717, 1.165) is 22.6 Å². The largest absolute Gasteiger partial charge is 0.497 e. The molecular formula is C25H21ClN2O4S. The van der Waals surface area contributed by atoms with Gasteiger partial charge in [0.2, 0.25) is 0 Å². The number of thioether (sulfide) groups is 1. The van der Waals surface area contributed by atoms with Crippen LogP contribution in [-0.2, 0) is 11.4 Å². The van der Waals surface area contributed by atoms with E-state index in [4.69, 9.17) is 25.8 Å². The Hall–Kier alpha value is -3.42. The summed E-state index contributed by atoms with van der Waals surface area (Å²) in [6.45, 7) is 0.296. The van der Waals surface area contributed by atoms with E-state index in [1.165, 1.54) is 11.8 Å². The Morgan fingerprint density at radius 3 is 2.52 bits per heavy atom. The summed E-state index contributed by atoms with van der Waals surface area (Å²) in [5, 5.41) is 3.95. The van der Waals surface area contributed by atoms with E-state index in [-0.39, 0.29) is 5.91 Å². The summed E-state index contributed by atoms with van der Waals surface area (Å²) in [4.78, 5) is 17.5. The van der Waals surface area contributed by atoms with Crippen LogP contribution >= 0.6 is 23.4 Å². The fourth-order valence-electron chi connectivity index (χ4n) is 3.07. The molecule has 1 aliphatic rings. The number of amides is 1. The normalized spacial score (nSPS) is 15.5. The van der Waals surface area contributed by atoms with Gasteiger partial charge in [0.1, 0.15) is 12.4 Å². The molecule has 0 bridgehead atoms. The monoisotopic (exact) mass is 480 g/mol. The van der Waals surface area contributed by atoms with E-state index in [1.807, 2.05) is 60.7 Å². The van der Waals surface area contributed by atoms with Gasteiger partial charge in [-0.15, -0.1) is 0 Å². The molecule has 6 nitrogen and oxygen atoms in total. The summed E-state index contributed by atoms with van der Waals surface area (Å²) >= 11 is 7.50. The van der Waals surface area contributed by atoms with Gasteiger partial charge in [-0.3, -0.25) is 4.79 Å². The minimum Gasteiger partial charge on any atom is -0.497 e. The van der Waals surface area contributed by atoms with Crippen molar-refractivity contribution in [3.05, 3.63) is 87.8 Å². The molecule has 33 heavy (non-hydrogen) atoms. The molecule has 0 unspecified atom stereocenters. The van der Waals surface area contributed by atoms with Gasteiger partial charge < -0.3 is 19.5 Å². The van der Waals surface area contributed by atoms with Gasteiger partial charge in [0.25, 0.3) is 5.91 Å². The molecule has 168 valence electrons. The number of halogens is 1. The summed E-state index contributed by atoms with van der Waals surface area (Å²) in [5.74, 6) is 1.69. The van der Waals surface area contributed by atoms with Gasteiger partial charge in [-0.1, -0.05) is 35.9 Å². The first-order valence-electron chi connectivity index (χ1n) is 10.0. The highest BCUT2D eigenvalue weighted by atomic mass is 35.5. The number of benzene rings is 3. The Labute approximate surface area is 201 Å². The predicted octanol–water partition coefficient (Wildman–Crippen LogP) is 5.83. The van der Waals surface area contributed by atoms with Gasteiger partial charge in [-0.05, 0) is 65.9 Å². The van der Waals surface area contributed by atoms with Crippen molar-refractivity contribution in [2.75, 3.05) is 14.2 Å². The van der Waals surface area contributed by atoms with E-state index in [9.17, 15) is 4.79 Å². The van der Waals surface area contributed by atoms with E-state index < -0.39 is 0 Å². The minimum atomic E-state index is -0.207. The molecule has 8 heteroatoms. The van der Waals surface area contributed by atoms with Crippen LogP contribution in [0, 0.1) is 0 Å². The lowest BCUT2D eigenvalue weighted by Gasteiger charge is -2.12. The lowest BCUT2D eigenvalue weighted by atomic mass is 10.2. The van der Waals surface area contributed by atoms with Crippen LogP contribution in [0.2, 0.25) is 5.02 Å². The van der Waals surface area contributed by atoms with Crippen LogP contribution in [0.5, 0.6) is 17.2 Å². The Balaban J connectivity index is 1.51. The first-order valence-corrected chi connectivity index (χ1v) is 11.2.